The molecule has 33 heavy (non-hydrogen) atoms. The average Bonchev–Trinajstić information content (AvgIpc) is 3.26. The number of hydrogen-bond donors (Lipinski definition) is 1. The number of carbonyl (C=O) groups is 2. The molecule has 0 atom stereocenters. The highest BCUT2D eigenvalue weighted by atomic mass is 32.1. The van der Waals surface area contributed by atoms with Crippen LogP contribution >= 0.6 is 11.3 Å². The second kappa shape index (κ2) is 10.0. The molecular weight excluding hydrogens is 442 g/mol. The Labute approximate surface area is 196 Å². The maximum absolute atomic E-state index is 12.8. The Balaban J connectivity index is 1.42. The van der Waals surface area contributed by atoms with Gasteiger partial charge in [-0.25, -0.2) is 9.78 Å². The van der Waals surface area contributed by atoms with E-state index in [1.54, 1.807) is 19.4 Å². The summed E-state index contributed by atoms with van der Waals surface area (Å²) in [5, 5.41) is 2.39. The number of esters is 1. The summed E-state index contributed by atoms with van der Waals surface area (Å²) in [4.78, 5) is 38.5. The van der Waals surface area contributed by atoms with Crippen molar-refractivity contribution in [3.8, 4) is 5.75 Å². The molecule has 3 heterocycles. The maximum atomic E-state index is 12.8. The monoisotopic (exact) mass is 469 g/mol. The second-order valence-corrected chi connectivity index (χ2v) is 8.53. The Kier molecular flexibility index (Phi) is 6.93. The molecule has 0 unspecified atom stereocenters. The predicted octanol–water partition coefficient (Wildman–Crippen LogP) is 2.74. The number of aryl methyl sites for hydroxylation is 1. The Morgan fingerprint density at radius 1 is 1.12 bits per heavy atom. The maximum Gasteiger partial charge on any atom is 0.339 e. The lowest BCUT2D eigenvalue weighted by atomic mass is 10.1. The van der Waals surface area contributed by atoms with Crippen LogP contribution in [0.15, 0.2) is 29.6 Å². The molecule has 1 aliphatic rings. The second-order valence-electron chi connectivity index (χ2n) is 7.67. The van der Waals surface area contributed by atoms with Crippen molar-refractivity contribution < 1.29 is 19.1 Å². The van der Waals surface area contributed by atoms with Crippen molar-refractivity contribution in [3.05, 3.63) is 40.8 Å². The molecule has 0 bridgehead atoms. The first-order valence-electron chi connectivity index (χ1n) is 10.9. The molecule has 2 N–H and O–H groups in total. The number of benzene rings is 1. The van der Waals surface area contributed by atoms with Crippen LogP contribution in [0.1, 0.15) is 29.3 Å². The number of nitrogens with zero attached hydrogens (tertiary/aromatic N) is 4. The van der Waals surface area contributed by atoms with Gasteiger partial charge in [0.25, 0.3) is 0 Å². The number of fused-ring (bicyclic) bond motifs is 1. The fraction of sp³-hybridized carbons (Fsp3) is 0.391. The highest BCUT2D eigenvalue weighted by Crippen LogP contribution is 2.33. The topological polar surface area (TPSA) is 111 Å². The molecule has 2 aromatic heterocycles. The summed E-state index contributed by atoms with van der Waals surface area (Å²) in [5.74, 6) is 1.31. The van der Waals surface area contributed by atoms with Gasteiger partial charge in [-0.3, -0.25) is 4.79 Å². The third-order valence-electron chi connectivity index (χ3n) is 5.65. The normalized spacial score (nSPS) is 13.9. The Morgan fingerprint density at radius 3 is 2.52 bits per heavy atom. The minimum absolute atomic E-state index is 0.126. The summed E-state index contributed by atoms with van der Waals surface area (Å²) < 4.78 is 10.4. The van der Waals surface area contributed by atoms with Gasteiger partial charge in [0.15, 0.2) is 0 Å². The van der Waals surface area contributed by atoms with Crippen molar-refractivity contribution in [2.45, 2.75) is 19.8 Å². The summed E-state index contributed by atoms with van der Waals surface area (Å²) in [6.07, 6.45) is 1.14. The molecule has 1 fully saturated rings. The van der Waals surface area contributed by atoms with Crippen molar-refractivity contribution in [2.75, 3.05) is 50.5 Å². The number of hydrogen-bond acceptors (Lipinski definition) is 9. The summed E-state index contributed by atoms with van der Waals surface area (Å²) in [6.45, 7) is 4.40. The lowest BCUT2D eigenvalue weighted by molar-refractivity contribution is -0.131. The van der Waals surface area contributed by atoms with Gasteiger partial charge in [-0.15, -0.1) is 11.3 Å². The van der Waals surface area contributed by atoms with Crippen LogP contribution in [0.3, 0.4) is 0 Å². The minimum atomic E-state index is -0.397. The molecule has 1 aliphatic heterocycles. The number of anilines is 2. The summed E-state index contributed by atoms with van der Waals surface area (Å²) >= 11 is 1.34. The van der Waals surface area contributed by atoms with E-state index in [2.05, 4.69) is 14.9 Å². The molecule has 1 aromatic carbocycles. The fourth-order valence-corrected chi connectivity index (χ4v) is 4.81. The standard InChI is InChI=1S/C23H27N5O4S/c1-3-32-22(30)17-14-33-21-19(17)20(25-23(24)26-21)28-12-10-27(11-13-28)18(29)9-6-15-4-7-16(31-2)8-5-15/h4-5,7-8,14H,3,6,9-13H2,1-2H3,(H2,24,25,26). The average molecular weight is 470 g/mol. The van der Waals surface area contributed by atoms with Crippen LogP contribution in [0.4, 0.5) is 11.8 Å². The van der Waals surface area contributed by atoms with Gasteiger partial charge in [0.1, 0.15) is 16.4 Å². The fourth-order valence-electron chi connectivity index (χ4n) is 3.90. The smallest absolute Gasteiger partial charge is 0.339 e. The molecule has 3 aromatic rings. The molecule has 0 saturated carbocycles. The molecule has 0 radical (unpaired) electrons. The van der Waals surface area contributed by atoms with E-state index in [0.717, 1.165) is 11.3 Å². The first-order chi connectivity index (χ1) is 16.0. The van der Waals surface area contributed by atoms with Gasteiger partial charge in [0.05, 0.1) is 24.7 Å². The zero-order valence-electron chi connectivity index (χ0n) is 18.7. The van der Waals surface area contributed by atoms with Gasteiger partial charge in [-0.1, -0.05) is 12.1 Å². The number of amides is 1. The van der Waals surface area contributed by atoms with Crippen LogP contribution in [0, 0.1) is 0 Å². The number of methoxy groups -OCH3 is 1. The van der Waals surface area contributed by atoms with Crippen molar-refractivity contribution in [1.29, 1.82) is 0 Å². The van der Waals surface area contributed by atoms with Crippen LogP contribution in [0.5, 0.6) is 5.75 Å². The van der Waals surface area contributed by atoms with Gasteiger partial charge in [0, 0.05) is 38.0 Å². The minimum Gasteiger partial charge on any atom is -0.497 e. The molecule has 0 spiro atoms. The first-order valence-corrected chi connectivity index (χ1v) is 11.8. The lowest BCUT2D eigenvalue weighted by Crippen LogP contribution is -2.49. The quantitative estimate of drug-likeness (QED) is 0.526. The number of aromatic nitrogens is 2. The summed E-state index contributed by atoms with van der Waals surface area (Å²) in [5.41, 5.74) is 7.48. The first kappa shape index (κ1) is 22.8. The van der Waals surface area contributed by atoms with Gasteiger partial charge in [-0.2, -0.15) is 4.98 Å². The molecule has 9 nitrogen and oxygen atoms in total. The highest BCUT2D eigenvalue weighted by Gasteiger charge is 2.26. The van der Waals surface area contributed by atoms with Crippen molar-refractivity contribution in [3.63, 3.8) is 0 Å². The zero-order chi connectivity index (χ0) is 23.4. The molecular formula is C23H27N5O4S. The number of carbonyl (C=O) groups excluding carboxylic acids is 2. The molecule has 10 heteroatoms. The number of thiophene rings is 1. The van der Waals surface area contributed by atoms with Crippen LogP contribution in [-0.4, -0.2) is 66.6 Å². The Morgan fingerprint density at radius 2 is 1.85 bits per heavy atom. The zero-order valence-corrected chi connectivity index (χ0v) is 19.6. The van der Waals surface area contributed by atoms with E-state index >= 15 is 0 Å². The van der Waals surface area contributed by atoms with Crippen molar-refractivity contribution in [2.24, 2.45) is 0 Å². The van der Waals surface area contributed by atoms with Crippen LogP contribution in [0.25, 0.3) is 10.2 Å². The van der Waals surface area contributed by atoms with Crippen molar-refractivity contribution >= 4 is 45.2 Å². The van der Waals surface area contributed by atoms with E-state index in [1.807, 2.05) is 29.2 Å². The van der Waals surface area contributed by atoms with E-state index in [9.17, 15) is 9.59 Å². The molecule has 1 saturated heterocycles. The number of nitrogen functional groups attached to an aromatic ring is 1. The van der Waals surface area contributed by atoms with E-state index < -0.39 is 5.97 Å². The number of rotatable bonds is 7. The van der Waals surface area contributed by atoms with Gasteiger partial charge >= 0.3 is 5.97 Å². The van der Waals surface area contributed by atoms with E-state index in [4.69, 9.17) is 15.2 Å². The number of piperazine rings is 1. The molecule has 174 valence electrons. The third kappa shape index (κ3) is 5.00. The van der Waals surface area contributed by atoms with Crippen LogP contribution in [-0.2, 0) is 16.0 Å². The van der Waals surface area contributed by atoms with Crippen molar-refractivity contribution in [1.82, 2.24) is 14.9 Å². The van der Waals surface area contributed by atoms with Crippen LogP contribution < -0.4 is 15.4 Å². The Bertz CT molecular complexity index is 1140. The Hall–Kier alpha value is -3.40. The van der Waals surface area contributed by atoms with E-state index in [0.29, 0.717) is 67.2 Å². The van der Waals surface area contributed by atoms with E-state index in [1.165, 1.54) is 11.3 Å². The molecule has 1 amide bonds. The van der Waals surface area contributed by atoms with E-state index in [-0.39, 0.29) is 11.9 Å². The molecule has 0 aliphatic carbocycles. The third-order valence-corrected chi connectivity index (χ3v) is 6.52. The number of ether oxygens (including phenoxy) is 2. The largest absolute Gasteiger partial charge is 0.497 e. The SMILES string of the molecule is CCOC(=O)c1csc2nc(N)nc(N3CCN(C(=O)CCc4ccc(OC)cc4)CC3)c12. The van der Waals surface area contributed by atoms with Gasteiger partial charge < -0.3 is 25.0 Å². The predicted molar refractivity (Wildman–Crippen MR) is 128 cm³/mol. The summed E-state index contributed by atoms with van der Waals surface area (Å²) in [7, 11) is 1.63. The highest BCUT2D eigenvalue weighted by molar-refractivity contribution is 7.17. The lowest BCUT2D eigenvalue weighted by Gasteiger charge is -2.35. The van der Waals surface area contributed by atoms with Gasteiger partial charge in [-0.05, 0) is 31.0 Å². The van der Waals surface area contributed by atoms with Gasteiger partial charge in [0.2, 0.25) is 11.9 Å². The number of nitrogens with two attached hydrogens (primary N) is 1. The molecule has 4 rings (SSSR count). The summed E-state index contributed by atoms with van der Waals surface area (Å²) in [6, 6.07) is 7.77. The van der Waals surface area contributed by atoms with Crippen LogP contribution in [0.2, 0.25) is 0 Å².